The summed E-state index contributed by atoms with van der Waals surface area (Å²) in [5.74, 6) is 0. The van der Waals surface area contributed by atoms with Crippen molar-refractivity contribution in [1.29, 1.82) is 0 Å². The van der Waals surface area contributed by atoms with Crippen molar-refractivity contribution >= 4 is 10.0 Å². The van der Waals surface area contributed by atoms with E-state index < -0.39 is 10.0 Å². The summed E-state index contributed by atoms with van der Waals surface area (Å²) in [6.45, 7) is 1.13. The molecule has 2 aliphatic rings. The molecule has 1 N–H and O–H groups in total. The van der Waals surface area contributed by atoms with E-state index in [4.69, 9.17) is 0 Å². The predicted octanol–water partition coefficient (Wildman–Crippen LogP) is 1.10. The molecular weight excluding hydrogens is 252 g/mol. The first-order chi connectivity index (χ1) is 8.63. The molecule has 0 bridgehead atoms. The van der Waals surface area contributed by atoms with Crippen molar-refractivity contribution in [1.82, 2.24) is 8.87 Å². The van der Waals surface area contributed by atoms with Crippen LogP contribution in [-0.4, -0.2) is 35.5 Å². The Balaban J connectivity index is 1.95. The lowest BCUT2D eigenvalue weighted by Crippen LogP contribution is -2.27. The van der Waals surface area contributed by atoms with Crippen LogP contribution in [0.4, 0.5) is 0 Å². The zero-order chi connectivity index (χ0) is 12.8. The molecule has 0 radical (unpaired) electrons. The van der Waals surface area contributed by atoms with Crippen LogP contribution in [0.5, 0.6) is 0 Å². The maximum absolute atomic E-state index is 12.4. The largest absolute Gasteiger partial charge is 0.390 e. The predicted molar refractivity (Wildman–Crippen MR) is 66.6 cm³/mol. The molecule has 100 valence electrons. The third kappa shape index (κ3) is 1.98. The van der Waals surface area contributed by atoms with Gasteiger partial charge in [0.05, 0.1) is 6.61 Å². The van der Waals surface area contributed by atoms with Crippen LogP contribution in [0.25, 0.3) is 0 Å². The van der Waals surface area contributed by atoms with Gasteiger partial charge in [-0.2, -0.15) is 4.31 Å². The van der Waals surface area contributed by atoms with E-state index in [1.54, 1.807) is 16.6 Å². The molecule has 1 aromatic heterocycles. The van der Waals surface area contributed by atoms with Crippen LogP contribution < -0.4 is 0 Å². The lowest BCUT2D eigenvalue weighted by atomic mass is 10.4. The molecule has 0 spiro atoms. The van der Waals surface area contributed by atoms with Crippen molar-refractivity contribution < 1.29 is 13.5 Å². The summed E-state index contributed by atoms with van der Waals surface area (Å²) in [5.41, 5.74) is 0.704. The van der Waals surface area contributed by atoms with Gasteiger partial charge in [0.2, 0.25) is 10.0 Å². The van der Waals surface area contributed by atoms with Crippen LogP contribution in [-0.2, 0) is 16.6 Å². The maximum Gasteiger partial charge on any atom is 0.244 e. The van der Waals surface area contributed by atoms with E-state index in [0.717, 1.165) is 25.7 Å². The zero-order valence-electron chi connectivity index (χ0n) is 10.2. The van der Waals surface area contributed by atoms with Gasteiger partial charge in [0.15, 0.2) is 0 Å². The fraction of sp³-hybridized carbons (Fsp3) is 0.667. The van der Waals surface area contributed by atoms with Crippen LogP contribution in [0.2, 0.25) is 0 Å². The minimum absolute atomic E-state index is 0.105. The lowest BCUT2D eigenvalue weighted by molar-refractivity contribution is 0.270. The highest BCUT2D eigenvalue weighted by Crippen LogP contribution is 2.37. The Bertz CT molecular complexity index is 540. The summed E-state index contributed by atoms with van der Waals surface area (Å²) in [7, 11) is -3.35. The molecule has 0 atom stereocenters. The van der Waals surface area contributed by atoms with Crippen LogP contribution in [0, 0.1) is 0 Å². The summed E-state index contributed by atoms with van der Waals surface area (Å²) in [5, 5.41) is 9.31. The summed E-state index contributed by atoms with van der Waals surface area (Å²) in [6.07, 6.45) is 5.72. The van der Waals surface area contributed by atoms with Gasteiger partial charge in [-0.25, -0.2) is 8.42 Å². The quantitative estimate of drug-likeness (QED) is 0.891. The molecule has 1 aliphatic carbocycles. The van der Waals surface area contributed by atoms with E-state index in [9.17, 15) is 13.5 Å². The van der Waals surface area contributed by atoms with Gasteiger partial charge in [-0.15, -0.1) is 0 Å². The third-order valence-electron chi connectivity index (χ3n) is 3.71. The molecule has 2 heterocycles. The smallest absolute Gasteiger partial charge is 0.244 e. The molecule has 18 heavy (non-hydrogen) atoms. The van der Waals surface area contributed by atoms with Gasteiger partial charge in [-0.1, -0.05) is 0 Å². The highest BCUT2D eigenvalue weighted by molar-refractivity contribution is 7.89. The fourth-order valence-electron chi connectivity index (χ4n) is 2.53. The second-order valence-electron chi connectivity index (χ2n) is 5.07. The summed E-state index contributed by atoms with van der Waals surface area (Å²) in [4.78, 5) is 0.334. The standard InChI is InChI=1S/C12H18N2O3S/c15-9-11-7-12(8-14(11)10-3-4-10)18(16,17)13-5-1-2-6-13/h7-8,10,15H,1-6,9H2. The Labute approximate surface area is 107 Å². The first kappa shape index (κ1) is 12.2. The monoisotopic (exact) mass is 270 g/mol. The van der Waals surface area contributed by atoms with Crippen molar-refractivity contribution in [2.45, 2.75) is 43.2 Å². The molecule has 5 nitrogen and oxygen atoms in total. The third-order valence-corrected chi connectivity index (χ3v) is 5.58. The number of aromatic nitrogens is 1. The van der Waals surface area contributed by atoms with Crippen molar-refractivity contribution in [3.63, 3.8) is 0 Å². The molecule has 0 unspecified atom stereocenters. The number of sulfonamides is 1. The van der Waals surface area contributed by atoms with Crippen molar-refractivity contribution in [2.24, 2.45) is 0 Å². The van der Waals surface area contributed by atoms with Gasteiger partial charge in [0.25, 0.3) is 0 Å². The Kier molecular flexibility index (Phi) is 2.96. The fourth-order valence-corrected chi connectivity index (χ4v) is 4.10. The molecule has 0 amide bonds. The second kappa shape index (κ2) is 4.36. The van der Waals surface area contributed by atoms with Crippen LogP contribution in [0.3, 0.4) is 0 Å². The van der Waals surface area contributed by atoms with Crippen LogP contribution in [0.15, 0.2) is 17.2 Å². The van der Waals surface area contributed by atoms with Gasteiger partial charge in [-0.3, -0.25) is 0 Å². The molecule has 1 aliphatic heterocycles. The summed E-state index contributed by atoms with van der Waals surface area (Å²) < 4.78 is 28.2. The number of nitrogens with zero attached hydrogens (tertiary/aromatic N) is 2. The molecule has 6 heteroatoms. The molecule has 2 fully saturated rings. The SMILES string of the molecule is O=S(=O)(c1cc(CO)n(C2CC2)c1)N1CCCC1. The minimum atomic E-state index is -3.35. The average molecular weight is 270 g/mol. The normalized spacial score (nSPS) is 21.6. The molecular formula is C12H18N2O3S. The van der Waals surface area contributed by atoms with Crippen molar-refractivity contribution in [2.75, 3.05) is 13.1 Å². The van der Waals surface area contributed by atoms with Gasteiger partial charge in [0.1, 0.15) is 4.90 Å². The van der Waals surface area contributed by atoms with E-state index in [-0.39, 0.29) is 6.61 Å². The van der Waals surface area contributed by atoms with E-state index >= 15 is 0 Å². The van der Waals surface area contributed by atoms with Gasteiger partial charge < -0.3 is 9.67 Å². The van der Waals surface area contributed by atoms with E-state index in [1.807, 2.05) is 4.57 Å². The van der Waals surface area contributed by atoms with Gasteiger partial charge in [0, 0.05) is 31.0 Å². The highest BCUT2D eigenvalue weighted by Gasteiger charge is 2.31. The summed E-state index contributed by atoms with van der Waals surface area (Å²) in [6, 6.07) is 2.00. The molecule has 0 aromatic carbocycles. The topological polar surface area (TPSA) is 62.5 Å². The zero-order valence-corrected chi connectivity index (χ0v) is 11.1. The second-order valence-corrected chi connectivity index (χ2v) is 7.01. The number of aliphatic hydroxyl groups excluding tert-OH is 1. The molecule has 1 saturated carbocycles. The lowest BCUT2D eigenvalue weighted by Gasteiger charge is -2.13. The Morgan fingerprint density at radius 1 is 1.28 bits per heavy atom. The molecule has 1 saturated heterocycles. The van der Waals surface area contributed by atoms with Gasteiger partial charge in [-0.05, 0) is 31.7 Å². The number of hydrogen-bond acceptors (Lipinski definition) is 3. The Hall–Kier alpha value is -0.850. The highest BCUT2D eigenvalue weighted by atomic mass is 32.2. The van der Waals surface area contributed by atoms with E-state index in [0.29, 0.717) is 29.7 Å². The van der Waals surface area contributed by atoms with Crippen LogP contribution >= 0.6 is 0 Å². The Morgan fingerprint density at radius 3 is 2.50 bits per heavy atom. The average Bonchev–Trinajstić information content (AvgIpc) is 2.91. The van der Waals surface area contributed by atoms with Crippen molar-refractivity contribution in [3.05, 3.63) is 18.0 Å². The number of rotatable bonds is 4. The molecule has 3 rings (SSSR count). The van der Waals surface area contributed by atoms with Crippen LogP contribution in [0.1, 0.15) is 37.4 Å². The van der Waals surface area contributed by atoms with E-state index in [2.05, 4.69) is 0 Å². The molecule has 1 aromatic rings. The first-order valence-electron chi connectivity index (χ1n) is 6.44. The summed E-state index contributed by atoms with van der Waals surface area (Å²) >= 11 is 0. The van der Waals surface area contributed by atoms with E-state index in [1.165, 1.54) is 0 Å². The maximum atomic E-state index is 12.4. The minimum Gasteiger partial charge on any atom is -0.390 e. The Morgan fingerprint density at radius 2 is 1.94 bits per heavy atom. The van der Waals surface area contributed by atoms with Gasteiger partial charge >= 0.3 is 0 Å². The first-order valence-corrected chi connectivity index (χ1v) is 7.88. The number of aliphatic hydroxyl groups is 1. The van der Waals surface area contributed by atoms with Crippen molar-refractivity contribution in [3.8, 4) is 0 Å². The number of hydrogen-bond donors (Lipinski definition) is 1.